The van der Waals surface area contributed by atoms with E-state index in [-0.39, 0.29) is 11.2 Å². The van der Waals surface area contributed by atoms with Crippen molar-refractivity contribution in [2.24, 2.45) is 0 Å². The molecule has 0 bridgehead atoms. The first-order valence-corrected chi connectivity index (χ1v) is 8.11. The Labute approximate surface area is 127 Å². The molecule has 0 radical (unpaired) electrons. The van der Waals surface area contributed by atoms with Crippen LogP contribution in [0.15, 0.2) is 30.3 Å². The summed E-state index contributed by atoms with van der Waals surface area (Å²) in [7, 11) is 0. The molecule has 1 fully saturated rings. The second-order valence-electron chi connectivity index (χ2n) is 4.93. The molecule has 7 heteroatoms. The molecule has 21 heavy (non-hydrogen) atoms. The predicted molar refractivity (Wildman–Crippen MR) is 81.1 cm³/mol. The van der Waals surface area contributed by atoms with Gasteiger partial charge in [0.2, 0.25) is 5.91 Å². The first-order valence-electron chi connectivity index (χ1n) is 7.06. The summed E-state index contributed by atoms with van der Waals surface area (Å²) in [4.78, 5) is 11.9. The van der Waals surface area contributed by atoms with E-state index in [0.717, 1.165) is 37.3 Å². The van der Waals surface area contributed by atoms with Crippen molar-refractivity contribution >= 4 is 17.7 Å². The maximum Gasteiger partial charge on any atom is 0.233 e. The highest BCUT2D eigenvalue weighted by molar-refractivity contribution is 7.99. The van der Waals surface area contributed by atoms with Crippen LogP contribution in [0.3, 0.4) is 0 Å². The second-order valence-corrected chi connectivity index (χ2v) is 6.12. The quantitative estimate of drug-likeness (QED) is 0.928. The van der Waals surface area contributed by atoms with E-state index in [9.17, 15) is 4.79 Å². The maximum absolute atomic E-state index is 11.9. The number of benzene rings is 1. The number of carbonyl (C=O) groups excluding carboxylic acids is 1. The summed E-state index contributed by atoms with van der Waals surface area (Å²) in [5.74, 6) is 1.53. The average molecular weight is 303 g/mol. The number of tetrazole rings is 1. The minimum atomic E-state index is -0.00609. The van der Waals surface area contributed by atoms with Crippen molar-refractivity contribution in [3.8, 4) is 5.69 Å². The molecule has 1 aromatic heterocycles. The zero-order chi connectivity index (χ0) is 14.5. The minimum absolute atomic E-state index is 0.00609. The Balaban J connectivity index is 1.69. The lowest BCUT2D eigenvalue weighted by Gasteiger charge is -2.12. The first-order chi connectivity index (χ1) is 10.3. The van der Waals surface area contributed by atoms with Gasteiger partial charge in [0.25, 0.3) is 0 Å². The van der Waals surface area contributed by atoms with E-state index < -0.39 is 0 Å². The summed E-state index contributed by atoms with van der Waals surface area (Å²) in [6.45, 7) is 0.789. The molecular weight excluding hydrogens is 286 g/mol. The van der Waals surface area contributed by atoms with Crippen LogP contribution >= 0.6 is 11.8 Å². The van der Waals surface area contributed by atoms with E-state index >= 15 is 0 Å². The Morgan fingerprint density at radius 1 is 1.29 bits per heavy atom. The number of amides is 1. The van der Waals surface area contributed by atoms with Gasteiger partial charge >= 0.3 is 0 Å². The first kappa shape index (κ1) is 14.1. The summed E-state index contributed by atoms with van der Waals surface area (Å²) in [6.07, 6.45) is 3.06. The van der Waals surface area contributed by atoms with Gasteiger partial charge in [0.05, 0.1) is 16.7 Å². The lowest BCUT2D eigenvalue weighted by molar-refractivity contribution is -0.120. The number of rotatable bonds is 4. The van der Waals surface area contributed by atoms with Crippen LogP contribution in [0.5, 0.6) is 0 Å². The van der Waals surface area contributed by atoms with Crippen LogP contribution in [-0.4, -0.2) is 37.9 Å². The molecule has 1 atom stereocenters. The van der Waals surface area contributed by atoms with Gasteiger partial charge in [-0.2, -0.15) is 4.68 Å². The van der Waals surface area contributed by atoms with Crippen LogP contribution in [-0.2, 0) is 10.5 Å². The monoisotopic (exact) mass is 303 g/mol. The molecule has 2 heterocycles. The zero-order valence-electron chi connectivity index (χ0n) is 11.6. The Kier molecular flexibility index (Phi) is 4.49. The largest absolute Gasteiger partial charge is 0.355 e. The number of nitrogens with zero attached hydrogens (tertiary/aromatic N) is 4. The molecule has 1 N–H and O–H groups in total. The fourth-order valence-electron chi connectivity index (χ4n) is 2.31. The van der Waals surface area contributed by atoms with Crippen molar-refractivity contribution in [3.05, 3.63) is 36.2 Å². The van der Waals surface area contributed by atoms with Crippen LogP contribution in [0, 0.1) is 0 Å². The Bertz CT molecular complexity index is 600. The van der Waals surface area contributed by atoms with Crippen molar-refractivity contribution in [2.75, 3.05) is 6.54 Å². The average Bonchev–Trinajstić information content (AvgIpc) is 2.89. The number of hydrogen-bond acceptors (Lipinski definition) is 5. The lowest BCUT2D eigenvalue weighted by Crippen LogP contribution is -2.30. The van der Waals surface area contributed by atoms with E-state index in [0.29, 0.717) is 5.75 Å². The SMILES string of the molecule is O=C1NCCCC[C@H]1SCc1nnnn1-c1ccccc1. The number of aromatic nitrogens is 4. The fraction of sp³-hybridized carbons (Fsp3) is 0.429. The van der Waals surface area contributed by atoms with E-state index in [1.807, 2.05) is 30.3 Å². The molecule has 6 nitrogen and oxygen atoms in total. The summed E-state index contributed by atoms with van der Waals surface area (Å²) < 4.78 is 1.72. The van der Waals surface area contributed by atoms with Crippen molar-refractivity contribution in [2.45, 2.75) is 30.3 Å². The van der Waals surface area contributed by atoms with Crippen LogP contribution in [0.2, 0.25) is 0 Å². The van der Waals surface area contributed by atoms with Gasteiger partial charge in [-0.05, 0) is 35.4 Å². The third-order valence-electron chi connectivity index (χ3n) is 3.43. The molecule has 0 unspecified atom stereocenters. The third-order valence-corrected chi connectivity index (χ3v) is 4.71. The number of para-hydroxylation sites is 1. The van der Waals surface area contributed by atoms with E-state index in [1.54, 1.807) is 16.4 Å². The molecule has 1 aliphatic rings. The van der Waals surface area contributed by atoms with Crippen molar-refractivity contribution in [1.29, 1.82) is 0 Å². The Morgan fingerprint density at radius 3 is 3.00 bits per heavy atom. The molecule has 3 rings (SSSR count). The molecule has 1 amide bonds. The number of carbonyl (C=O) groups is 1. The smallest absolute Gasteiger partial charge is 0.233 e. The van der Waals surface area contributed by atoms with Crippen molar-refractivity contribution < 1.29 is 4.79 Å². The van der Waals surface area contributed by atoms with Gasteiger partial charge in [-0.15, -0.1) is 16.9 Å². The number of thioether (sulfide) groups is 1. The van der Waals surface area contributed by atoms with Gasteiger partial charge in [-0.25, -0.2) is 0 Å². The van der Waals surface area contributed by atoms with Gasteiger partial charge < -0.3 is 5.32 Å². The highest BCUT2D eigenvalue weighted by Gasteiger charge is 2.22. The summed E-state index contributed by atoms with van der Waals surface area (Å²) >= 11 is 1.61. The molecule has 1 saturated heterocycles. The molecule has 2 aromatic rings. The summed E-state index contributed by atoms with van der Waals surface area (Å²) in [6, 6.07) is 9.78. The van der Waals surface area contributed by atoms with Crippen molar-refractivity contribution in [3.63, 3.8) is 0 Å². The molecule has 110 valence electrons. The zero-order valence-corrected chi connectivity index (χ0v) is 12.4. The molecule has 0 spiro atoms. The van der Waals surface area contributed by atoms with Crippen molar-refractivity contribution in [1.82, 2.24) is 25.5 Å². The highest BCUT2D eigenvalue weighted by atomic mass is 32.2. The van der Waals surface area contributed by atoms with Gasteiger partial charge in [0.15, 0.2) is 5.82 Å². The maximum atomic E-state index is 11.9. The minimum Gasteiger partial charge on any atom is -0.355 e. The molecule has 1 aromatic carbocycles. The summed E-state index contributed by atoms with van der Waals surface area (Å²) in [5, 5.41) is 14.8. The van der Waals surface area contributed by atoms with Gasteiger partial charge in [0.1, 0.15) is 0 Å². The second kappa shape index (κ2) is 6.71. The Hall–Kier alpha value is -1.89. The van der Waals surface area contributed by atoms with Crippen LogP contribution < -0.4 is 5.32 Å². The van der Waals surface area contributed by atoms with Crippen LogP contribution in [0.25, 0.3) is 5.69 Å². The third kappa shape index (κ3) is 3.41. The molecule has 1 aliphatic heterocycles. The number of hydrogen-bond donors (Lipinski definition) is 1. The standard InChI is InChI=1S/C14H17N5OS/c20-14-12(8-4-5-9-15-14)21-10-13-16-17-18-19(13)11-6-2-1-3-7-11/h1-3,6-7,12H,4-5,8-10H2,(H,15,20)/t12-/m1/s1. The molecular formula is C14H17N5OS. The van der Waals surface area contributed by atoms with Gasteiger partial charge in [0, 0.05) is 6.54 Å². The van der Waals surface area contributed by atoms with Crippen LogP contribution in [0.4, 0.5) is 0 Å². The topological polar surface area (TPSA) is 72.7 Å². The van der Waals surface area contributed by atoms with E-state index in [1.165, 1.54) is 0 Å². The Morgan fingerprint density at radius 2 is 2.14 bits per heavy atom. The number of nitrogens with one attached hydrogen (secondary N) is 1. The lowest BCUT2D eigenvalue weighted by atomic mass is 10.2. The normalized spacial score (nSPS) is 19.0. The van der Waals surface area contributed by atoms with Crippen LogP contribution in [0.1, 0.15) is 25.1 Å². The van der Waals surface area contributed by atoms with Gasteiger partial charge in [-0.3, -0.25) is 4.79 Å². The highest BCUT2D eigenvalue weighted by Crippen LogP contribution is 2.23. The van der Waals surface area contributed by atoms with Gasteiger partial charge in [-0.1, -0.05) is 24.6 Å². The predicted octanol–water partition coefficient (Wildman–Crippen LogP) is 1.56. The molecule has 0 aliphatic carbocycles. The van der Waals surface area contributed by atoms with E-state index in [2.05, 4.69) is 20.8 Å². The van der Waals surface area contributed by atoms with E-state index in [4.69, 9.17) is 0 Å². The fourth-order valence-corrected chi connectivity index (χ4v) is 3.41. The molecule has 0 saturated carbocycles. The summed E-state index contributed by atoms with van der Waals surface area (Å²) in [5.41, 5.74) is 0.934.